The molecule has 4 nitrogen and oxygen atoms in total. The highest BCUT2D eigenvalue weighted by Crippen LogP contribution is 2.34. The van der Waals surface area contributed by atoms with Gasteiger partial charge in [-0.3, -0.25) is 0 Å². The molecule has 1 heterocycles. The molecule has 2 rings (SSSR count). The lowest BCUT2D eigenvalue weighted by molar-refractivity contribution is -0.137. The second-order valence-corrected chi connectivity index (χ2v) is 6.54. The Labute approximate surface area is 144 Å². The molecule has 0 spiro atoms. The van der Waals surface area contributed by atoms with Gasteiger partial charge >= 0.3 is 6.18 Å². The van der Waals surface area contributed by atoms with Crippen molar-refractivity contribution in [3.05, 3.63) is 41.3 Å². The molecule has 25 heavy (non-hydrogen) atoms. The molecule has 2 N–H and O–H groups in total. The molecule has 2 unspecified atom stereocenters. The smallest absolute Gasteiger partial charge is 0.416 e. The summed E-state index contributed by atoms with van der Waals surface area (Å²) < 4.78 is 43.7. The lowest BCUT2D eigenvalue weighted by atomic mass is 9.99. The van der Waals surface area contributed by atoms with E-state index < -0.39 is 17.8 Å². The number of aromatic nitrogens is 1. The van der Waals surface area contributed by atoms with Gasteiger partial charge in [0.1, 0.15) is 6.10 Å². The van der Waals surface area contributed by atoms with Crippen molar-refractivity contribution < 1.29 is 27.8 Å². The fraction of sp³-hybridized carbons (Fsp3) is 0.500. The summed E-state index contributed by atoms with van der Waals surface area (Å²) in [5, 5.41) is 19.5. The van der Waals surface area contributed by atoms with Crippen LogP contribution in [0.2, 0.25) is 0 Å². The molecule has 1 aromatic heterocycles. The van der Waals surface area contributed by atoms with E-state index in [0.29, 0.717) is 23.4 Å². The largest absolute Gasteiger partial charge is 0.438 e. The number of aliphatic hydroxyl groups excluding tert-OH is 2. The average molecular weight is 357 g/mol. The maximum atomic E-state index is 12.7. The Morgan fingerprint density at radius 1 is 1.12 bits per heavy atom. The lowest BCUT2D eigenvalue weighted by Gasteiger charge is -2.14. The van der Waals surface area contributed by atoms with Crippen molar-refractivity contribution in [2.45, 2.75) is 45.4 Å². The van der Waals surface area contributed by atoms with Crippen LogP contribution in [0.1, 0.15) is 56.2 Å². The minimum Gasteiger partial charge on any atom is -0.438 e. The molecule has 1 aromatic carbocycles. The van der Waals surface area contributed by atoms with Gasteiger partial charge < -0.3 is 14.6 Å². The van der Waals surface area contributed by atoms with Crippen LogP contribution < -0.4 is 0 Å². The fourth-order valence-electron chi connectivity index (χ4n) is 2.48. The maximum Gasteiger partial charge on any atom is 0.416 e. The molecule has 0 bridgehead atoms. The van der Waals surface area contributed by atoms with Crippen LogP contribution in [0.5, 0.6) is 0 Å². The lowest BCUT2D eigenvalue weighted by Crippen LogP contribution is -2.09. The highest BCUT2D eigenvalue weighted by atomic mass is 19.4. The van der Waals surface area contributed by atoms with Gasteiger partial charge in [-0.25, -0.2) is 4.98 Å². The Kier molecular flexibility index (Phi) is 5.90. The zero-order valence-corrected chi connectivity index (χ0v) is 14.3. The molecule has 0 saturated heterocycles. The summed E-state index contributed by atoms with van der Waals surface area (Å²) in [4.78, 5) is 4.36. The molecule has 0 fully saturated rings. The Morgan fingerprint density at radius 2 is 1.72 bits per heavy atom. The molecule has 0 aliphatic carbocycles. The molecule has 0 aliphatic rings. The number of rotatable bonds is 6. The third-order valence-electron chi connectivity index (χ3n) is 3.93. The van der Waals surface area contributed by atoms with Gasteiger partial charge in [0.25, 0.3) is 0 Å². The van der Waals surface area contributed by atoms with Gasteiger partial charge in [-0.1, -0.05) is 20.8 Å². The molecule has 2 atom stereocenters. The van der Waals surface area contributed by atoms with Gasteiger partial charge in [-0.15, -0.1) is 0 Å². The number of halogens is 3. The van der Waals surface area contributed by atoms with Crippen molar-refractivity contribution in [2.24, 2.45) is 5.92 Å². The van der Waals surface area contributed by atoms with Crippen LogP contribution in [-0.2, 0) is 6.18 Å². The third-order valence-corrected chi connectivity index (χ3v) is 3.93. The summed E-state index contributed by atoms with van der Waals surface area (Å²) in [7, 11) is 0. The Bertz CT molecular complexity index is 693. The molecular weight excluding hydrogens is 335 g/mol. The van der Waals surface area contributed by atoms with Gasteiger partial charge in [0.05, 0.1) is 11.3 Å². The summed E-state index contributed by atoms with van der Waals surface area (Å²) in [6.45, 7) is 5.51. The molecular formula is C18H22F3NO3. The number of oxazole rings is 1. The number of hydrogen-bond acceptors (Lipinski definition) is 4. The Hall–Kier alpha value is -1.86. The summed E-state index contributed by atoms with van der Waals surface area (Å²) in [5.41, 5.74) is 0.222. The standard InChI is InChI=1S/C18H22F3NO3/c1-10(2)15-16(14(24)8-11(3)9-23)25-17(22-15)12-4-6-13(7-5-12)18(19,20)21/h4-7,10-11,14,23-24H,8-9H2,1-3H3. The first-order chi connectivity index (χ1) is 11.6. The molecule has 2 aromatic rings. The number of aliphatic hydroxyl groups is 2. The third kappa shape index (κ3) is 4.61. The molecule has 7 heteroatoms. The maximum absolute atomic E-state index is 12.7. The second-order valence-electron chi connectivity index (χ2n) is 6.54. The summed E-state index contributed by atoms with van der Waals surface area (Å²) in [6.07, 6.45) is -5.03. The van der Waals surface area contributed by atoms with Gasteiger partial charge in [0, 0.05) is 12.2 Å². The molecule has 0 saturated carbocycles. The van der Waals surface area contributed by atoms with Gasteiger partial charge in [0.15, 0.2) is 5.76 Å². The SMILES string of the molecule is CC(CO)CC(O)c1oc(-c2ccc(C(F)(F)F)cc2)nc1C(C)C. The van der Waals surface area contributed by atoms with Crippen LogP contribution >= 0.6 is 0 Å². The fourth-order valence-corrected chi connectivity index (χ4v) is 2.48. The van der Waals surface area contributed by atoms with E-state index in [1.54, 1.807) is 6.92 Å². The minimum absolute atomic E-state index is 0.0268. The van der Waals surface area contributed by atoms with Crippen LogP contribution in [0.4, 0.5) is 13.2 Å². The number of alkyl halides is 3. The zero-order valence-electron chi connectivity index (χ0n) is 14.3. The quantitative estimate of drug-likeness (QED) is 0.797. The number of hydrogen-bond donors (Lipinski definition) is 2. The summed E-state index contributed by atoms with van der Waals surface area (Å²) >= 11 is 0. The summed E-state index contributed by atoms with van der Waals surface area (Å²) in [6, 6.07) is 4.54. The highest BCUT2D eigenvalue weighted by molar-refractivity contribution is 5.54. The van der Waals surface area contributed by atoms with Gasteiger partial charge in [-0.2, -0.15) is 13.2 Å². The topological polar surface area (TPSA) is 66.5 Å². The zero-order chi connectivity index (χ0) is 18.8. The number of benzene rings is 1. The number of nitrogens with zero attached hydrogens (tertiary/aromatic N) is 1. The van der Waals surface area contributed by atoms with Crippen LogP contribution in [0.3, 0.4) is 0 Å². The van der Waals surface area contributed by atoms with Crippen LogP contribution in [0.15, 0.2) is 28.7 Å². The van der Waals surface area contributed by atoms with E-state index >= 15 is 0 Å². The Balaban J connectivity index is 2.35. The van der Waals surface area contributed by atoms with Crippen molar-refractivity contribution >= 4 is 0 Å². The van der Waals surface area contributed by atoms with Crippen molar-refractivity contribution in [3.63, 3.8) is 0 Å². The first kappa shape index (κ1) is 19.5. The molecule has 0 amide bonds. The predicted molar refractivity (Wildman–Crippen MR) is 86.9 cm³/mol. The molecule has 0 aliphatic heterocycles. The molecule has 138 valence electrons. The van der Waals surface area contributed by atoms with Crippen LogP contribution in [0.25, 0.3) is 11.5 Å². The monoisotopic (exact) mass is 357 g/mol. The Morgan fingerprint density at radius 3 is 2.20 bits per heavy atom. The van der Waals surface area contributed by atoms with Crippen molar-refractivity contribution in [1.82, 2.24) is 4.98 Å². The van der Waals surface area contributed by atoms with Crippen molar-refractivity contribution in [1.29, 1.82) is 0 Å². The van der Waals surface area contributed by atoms with Crippen LogP contribution in [-0.4, -0.2) is 21.8 Å². The first-order valence-electron chi connectivity index (χ1n) is 8.10. The first-order valence-corrected chi connectivity index (χ1v) is 8.10. The molecule has 0 radical (unpaired) electrons. The normalized spacial score (nSPS) is 14.8. The minimum atomic E-state index is -4.40. The van der Waals surface area contributed by atoms with Gasteiger partial charge in [-0.05, 0) is 42.5 Å². The van der Waals surface area contributed by atoms with Crippen molar-refractivity contribution in [3.8, 4) is 11.5 Å². The van der Waals surface area contributed by atoms with E-state index in [1.165, 1.54) is 12.1 Å². The van der Waals surface area contributed by atoms with E-state index in [2.05, 4.69) is 4.98 Å². The second kappa shape index (κ2) is 7.58. The van der Waals surface area contributed by atoms with Crippen LogP contribution in [0, 0.1) is 5.92 Å². The van der Waals surface area contributed by atoms with E-state index in [4.69, 9.17) is 9.52 Å². The van der Waals surface area contributed by atoms with E-state index in [-0.39, 0.29) is 24.3 Å². The van der Waals surface area contributed by atoms with Gasteiger partial charge in [0.2, 0.25) is 5.89 Å². The van der Waals surface area contributed by atoms with Crippen molar-refractivity contribution in [2.75, 3.05) is 6.61 Å². The highest BCUT2D eigenvalue weighted by Gasteiger charge is 2.30. The van der Waals surface area contributed by atoms with E-state index in [0.717, 1.165) is 12.1 Å². The average Bonchev–Trinajstić information content (AvgIpc) is 2.99. The predicted octanol–water partition coefficient (Wildman–Crippen LogP) is 4.54. The van der Waals surface area contributed by atoms with E-state index in [1.807, 2.05) is 13.8 Å². The summed E-state index contributed by atoms with van der Waals surface area (Å²) in [5.74, 6) is 0.323. The van der Waals surface area contributed by atoms with E-state index in [9.17, 15) is 18.3 Å².